The van der Waals surface area contributed by atoms with Crippen LogP contribution in [-0.2, 0) is 6.42 Å². The van der Waals surface area contributed by atoms with Gasteiger partial charge in [0.25, 0.3) is 0 Å². The molecule has 0 amide bonds. The highest BCUT2D eigenvalue weighted by atomic mass is 32.1. The minimum absolute atomic E-state index is 0.628. The minimum Gasteiger partial charge on any atom is -0.490 e. The molecule has 1 heterocycles. The van der Waals surface area contributed by atoms with Crippen LogP contribution in [0.1, 0.15) is 44.4 Å². The third-order valence-electron chi connectivity index (χ3n) is 4.79. The van der Waals surface area contributed by atoms with Crippen molar-refractivity contribution in [3.63, 3.8) is 0 Å². The Kier molecular flexibility index (Phi) is 7.93. The number of rotatable bonds is 10. The molecule has 1 nitrogen and oxygen atoms in total. The first-order valence-corrected chi connectivity index (χ1v) is 11.2. The van der Waals surface area contributed by atoms with Gasteiger partial charge in [0.2, 0.25) is 0 Å². The summed E-state index contributed by atoms with van der Waals surface area (Å²) in [5.41, 5.74) is 3.76. The van der Waals surface area contributed by atoms with Gasteiger partial charge < -0.3 is 4.74 Å². The van der Waals surface area contributed by atoms with E-state index in [0.29, 0.717) is 6.61 Å². The lowest BCUT2D eigenvalue weighted by molar-refractivity contribution is 0.362. The van der Waals surface area contributed by atoms with Gasteiger partial charge >= 0.3 is 0 Å². The lowest BCUT2D eigenvalue weighted by Crippen LogP contribution is -1.92. The highest BCUT2D eigenvalue weighted by Gasteiger charge is 2.04. The number of thiophene rings is 1. The Bertz CT molecular complexity index is 856. The number of allylic oxidation sites excluding steroid dienone is 1. The van der Waals surface area contributed by atoms with Crippen molar-refractivity contribution in [2.45, 2.75) is 46.0 Å². The molecule has 0 aliphatic heterocycles. The Hall–Kier alpha value is -2.32. The first-order chi connectivity index (χ1) is 13.8. The fourth-order valence-electron chi connectivity index (χ4n) is 3.17. The van der Waals surface area contributed by atoms with E-state index >= 15 is 0 Å². The van der Waals surface area contributed by atoms with Gasteiger partial charge in [0.1, 0.15) is 12.4 Å². The molecule has 0 saturated heterocycles. The van der Waals surface area contributed by atoms with Crippen LogP contribution in [0.15, 0.2) is 72.8 Å². The van der Waals surface area contributed by atoms with E-state index in [2.05, 4.69) is 74.5 Å². The van der Waals surface area contributed by atoms with E-state index in [1.54, 1.807) is 0 Å². The molecule has 28 heavy (non-hydrogen) atoms. The largest absolute Gasteiger partial charge is 0.490 e. The summed E-state index contributed by atoms with van der Waals surface area (Å²) in [5, 5.41) is 0. The molecule has 0 bridgehead atoms. The Morgan fingerprint density at radius 2 is 1.43 bits per heavy atom. The lowest BCUT2D eigenvalue weighted by Gasteiger charge is -2.06. The molecule has 2 heteroatoms. The second kappa shape index (κ2) is 10.9. The standard InChI is InChI=1S/C26H30OS/c1-3-5-7-9-25-18-19-26(28-25)23-12-10-21(11-13-23)22-14-16-24(17-15-22)27-20-8-6-4-2/h6,8,10-19H,3-5,7,9,20H2,1-2H3. The van der Waals surface area contributed by atoms with Crippen LogP contribution < -0.4 is 4.74 Å². The number of unbranched alkanes of at least 4 members (excludes halogenated alkanes) is 2. The molecule has 0 saturated carbocycles. The molecule has 3 aromatic rings. The quantitative estimate of drug-likeness (QED) is 0.250. The van der Waals surface area contributed by atoms with E-state index in [4.69, 9.17) is 4.74 Å². The summed E-state index contributed by atoms with van der Waals surface area (Å²) < 4.78 is 5.73. The molecule has 0 atom stereocenters. The minimum atomic E-state index is 0.628. The fraction of sp³-hybridized carbons (Fsp3) is 0.308. The van der Waals surface area contributed by atoms with Crippen molar-refractivity contribution >= 4 is 11.3 Å². The van der Waals surface area contributed by atoms with Gasteiger partial charge in [-0.25, -0.2) is 0 Å². The third kappa shape index (κ3) is 5.84. The van der Waals surface area contributed by atoms with Crippen LogP contribution in [0.2, 0.25) is 0 Å². The van der Waals surface area contributed by atoms with Crippen LogP contribution in [-0.4, -0.2) is 6.61 Å². The van der Waals surface area contributed by atoms with Gasteiger partial charge in [0, 0.05) is 9.75 Å². The normalized spacial score (nSPS) is 11.2. The van der Waals surface area contributed by atoms with Crippen LogP contribution in [0, 0.1) is 0 Å². The second-order valence-electron chi connectivity index (χ2n) is 7.02. The highest BCUT2D eigenvalue weighted by Crippen LogP contribution is 2.31. The highest BCUT2D eigenvalue weighted by molar-refractivity contribution is 7.15. The van der Waals surface area contributed by atoms with Gasteiger partial charge in [0.05, 0.1) is 0 Å². The molecular weight excluding hydrogens is 360 g/mol. The molecule has 0 spiro atoms. The van der Waals surface area contributed by atoms with Crippen LogP contribution in [0.4, 0.5) is 0 Å². The summed E-state index contributed by atoms with van der Waals surface area (Å²) in [6.45, 7) is 5.01. The molecule has 146 valence electrons. The molecule has 0 N–H and O–H groups in total. The van der Waals surface area contributed by atoms with Gasteiger partial charge in [-0.05, 0) is 60.2 Å². The topological polar surface area (TPSA) is 9.23 Å². The van der Waals surface area contributed by atoms with Gasteiger partial charge in [-0.15, -0.1) is 11.3 Å². The smallest absolute Gasteiger partial charge is 0.119 e. The Morgan fingerprint density at radius 3 is 2.11 bits per heavy atom. The molecule has 0 radical (unpaired) electrons. The molecule has 0 aliphatic rings. The zero-order valence-electron chi connectivity index (χ0n) is 17.0. The average molecular weight is 391 g/mol. The van der Waals surface area contributed by atoms with Crippen molar-refractivity contribution in [1.29, 1.82) is 0 Å². The molecule has 0 unspecified atom stereocenters. The SMILES string of the molecule is CCC=CCOc1ccc(-c2ccc(-c3ccc(CCCCC)s3)cc2)cc1. The summed E-state index contributed by atoms with van der Waals surface area (Å²) in [6.07, 6.45) is 10.3. The monoisotopic (exact) mass is 390 g/mol. The zero-order valence-corrected chi connectivity index (χ0v) is 17.8. The van der Waals surface area contributed by atoms with E-state index in [-0.39, 0.29) is 0 Å². The number of ether oxygens (including phenoxy) is 1. The first-order valence-electron chi connectivity index (χ1n) is 10.4. The van der Waals surface area contributed by atoms with Crippen molar-refractivity contribution in [2.24, 2.45) is 0 Å². The first kappa shape index (κ1) is 20.4. The van der Waals surface area contributed by atoms with Crippen molar-refractivity contribution < 1.29 is 4.74 Å². The number of hydrogen-bond donors (Lipinski definition) is 0. The molecule has 0 fully saturated rings. The van der Waals surface area contributed by atoms with Crippen molar-refractivity contribution in [3.8, 4) is 27.3 Å². The maximum atomic E-state index is 5.73. The number of hydrogen-bond acceptors (Lipinski definition) is 2. The van der Waals surface area contributed by atoms with Crippen molar-refractivity contribution in [2.75, 3.05) is 6.61 Å². The zero-order chi connectivity index (χ0) is 19.6. The lowest BCUT2D eigenvalue weighted by atomic mass is 10.0. The fourth-order valence-corrected chi connectivity index (χ4v) is 4.22. The van der Waals surface area contributed by atoms with E-state index in [0.717, 1.165) is 12.2 Å². The predicted octanol–water partition coefficient (Wildman–Crippen LogP) is 8.16. The summed E-state index contributed by atoms with van der Waals surface area (Å²) in [6, 6.07) is 21.8. The molecule has 1 aromatic heterocycles. The van der Waals surface area contributed by atoms with Crippen molar-refractivity contribution in [3.05, 3.63) is 77.7 Å². The summed E-state index contributed by atoms with van der Waals surface area (Å²) in [5.74, 6) is 0.912. The van der Waals surface area contributed by atoms with Crippen LogP contribution in [0.5, 0.6) is 5.75 Å². The van der Waals surface area contributed by atoms with E-state index in [9.17, 15) is 0 Å². The average Bonchev–Trinajstić information content (AvgIpc) is 3.21. The molecule has 2 aromatic carbocycles. The Labute approximate surface area is 173 Å². The third-order valence-corrected chi connectivity index (χ3v) is 5.99. The Balaban J connectivity index is 1.61. The second-order valence-corrected chi connectivity index (χ2v) is 8.18. The van der Waals surface area contributed by atoms with Gasteiger partial charge in [-0.2, -0.15) is 0 Å². The van der Waals surface area contributed by atoms with Gasteiger partial charge in [0.15, 0.2) is 0 Å². The maximum Gasteiger partial charge on any atom is 0.119 e. The summed E-state index contributed by atoms with van der Waals surface area (Å²) in [4.78, 5) is 2.86. The van der Waals surface area contributed by atoms with E-state index in [1.807, 2.05) is 23.5 Å². The van der Waals surface area contributed by atoms with Crippen LogP contribution in [0.3, 0.4) is 0 Å². The van der Waals surface area contributed by atoms with Crippen LogP contribution >= 0.6 is 11.3 Å². The van der Waals surface area contributed by atoms with E-state index in [1.165, 1.54) is 52.1 Å². The van der Waals surface area contributed by atoms with Gasteiger partial charge in [-0.1, -0.05) is 75.2 Å². The molecule has 0 aliphatic carbocycles. The molecule has 3 rings (SSSR count). The number of benzene rings is 2. The number of aryl methyl sites for hydroxylation is 1. The van der Waals surface area contributed by atoms with Crippen LogP contribution in [0.25, 0.3) is 21.6 Å². The predicted molar refractivity (Wildman–Crippen MR) is 123 cm³/mol. The Morgan fingerprint density at radius 1 is 0.750 bits per heavy atom. The summed E-state index contributed by atoms with van der Waals surface area (Å²) in [7, 11) is 0. The van der Waals surface area contributed by atoms with Crippen molar-refractivity contribution in [1.82, 2.24) is 0 Å². The molecular formula is C26H30OS. The van der Waals surface area contributed by atoms with E-state index < -0.39 is 0 Å². The maximum absolute atomic E-state index is 5.73. The summed E-state index contributed by atoms with van der Waals surface area (Å²) >= 11 is 1.93. The van der Waals surface area contributed by atoms with Gasteiger partial charge in [-0.3, -0.25) is 0 Å².